The number of halogens is 2. The Bertz CT molecular complexity index is 1050. The number of nitrogens with zero attached hydrogens (tertiary/aromatic N) is 4. The third kappa shape index (κ3) is 2.26. The molecule has 0 amide bonds. The Morgan fingerprint density at radius 2 is 2.12 bits per heavy atom. The average molecular weight is 344 g/mol. The van der Waals surface area contributed by atoms with Crippen molar-refractivity contribution in [2.75, 3.05) is 0 Å². The van der Waals surface area contributed by atoms with Crippen LogP contribution in [0.1, 0.15) is 26.3 Å². The first-order valence-corrected chi connectivity index (χ1v) is 8.12. The van der Waals surface area contributed by atoms with Crippen LogP contribution in [0.15, 0.2) is 30.9 Å². The lowest BCUT2D eigenvalue weighted by Gasteiger charge is -2.12. The molecule has 0 spiro atoms. The molecule has 1 atom stereocenters. The van der Waals surface area contributed by atoms with Crippen LogP contribution in [0.4, 0.5) is 4.39 Å². The van der Waals surface area contributed by atoms with E-state index in [-0.39, 0.29) is 6.04 Å². The maximum Gasteiger partial charge on any atom is 0.163 e. The molecule has 0 radical (unpaired) electrons. The van der Waals surface area contributed by atoms with Crippen molar-refractivity contribution in [1.82, 2.24) is 24.5 Å². The van der Waals surface area contributed by atoms with E-state index in [9.17, 15) is 4.39 Å². The molecule has 0 saturated carbocycles. The number of rotatable bonds is 3. The molecule has 1 N–H and O–H groups in total. The van der Waals surface area contributed by atoms with Gasteiger partial charge in [0.25, 0.3) is 0 Å². The fourth-order valence-electron chi connectivity index (χ4n) is 2.82. The molecule has 24 heavy (non-hydrogen) atoms. The van der Waals surface area contributed by atoms with E-state index in [0.29, 0.717) is 27.4 Å². The van der Waals surface area contributed by atoms with E-state index in [0.717, 1.165) is 17.5 Å². The zero-order chi connectivity index (χ0) is 16.8. The van der Waals surface area contributed by atoms with E-state index in [1.54, 1.807) is 12.4 Å². The summed E-state index contributed by atoms with van der Waals surface area (Å²) in [5.74, 6) is 0.121. The van der Waals surface area contributed by atoms with Crippen LogP contribution in [0, 0.1) is 5.82 Å². The lowest BCUT2D eigenvalue weighted by Crippen LogP contribution is -2.03. The SMILES string of the molecule is CC[C@@H](C)n1cc(Cl)c2cnc(-c3c[nH]c4ncc(F)cc34)nc21. The van der Waals surface area contributed by atoms with Gasteiger partial charge >= 0.3 is 0 Å². The number of fused-ring (bicyclic) bond motifs is 2. The number of hydrogen-bond acceptors (Lipinski definition) is 3. The van der Waals surface area contributed by atoms with Gasteiger partial charge in [-0.05, 0) is 19.4 Å². The highest BCUT2D eigenvalue weighted by Gasteiger charge is 2.16. The Morgan fingerprint density at radius 1 is 1.29 bits per heavy atom. The van der Waals surface area contributed by atoms with E-state index >= 15 is 0 Å². The molecular formula is C17H15ClFN5. The number of nitrogens with one attached hydrogen (secondary N) is 1. The lowest BCUT2D eigenvalue weighted by molar-refractivity contribution is 0.545. The topological polar surface area (TPSA) is 59.4 Å². The number of hydrogen-bond donors (Lipinski definition) is 1. The second-order valence-corrected chi connectivity index (χ2v) is 6.23. The minimum atomic E-state index is -0.393. The molecule has 0 unspecified atom stereocenters. The van der Waals surface area contributed by atoms with Crippen molar-refractivity contribution >= 4 is 33.7 Å². The highest BCUT2D eigenvalue weighted by atomic mass is 35.5. The van der Waals surface area contributed by atoms with Crippen LogP contribution >= 0.6 is 11.6 Å². The molecule has 4 aromatic rings. The van der Waals surface area contributed by atoms with Crippen LogP contribution < -0.4 is 0 Å². The van der Waals surface area contributed by atoms with E-state index in [1.165, 1.54) is 12.3 Å². The summed E-state index contributed by atoms with van der Waals surface area (Å²) in [4.78, 5) is 16.2. The number of aromatic nitrogens is 5. The summed E-state index contributed by atoms with van der Waals surface area (Å²) in [6.45, 7) is 4.23. The highest BCUT2D eigenvalue weighted by molar-refractivity contribution is 6.35. The first kappa shape index (κ1) is 15.1. The van der Waals surface area contributed by atoms with Crippen molar-refractivity contribution in [3.05, 3.63) is 41.7 Å². The van der Waals surface area contributed by atoms with Gasteiger partial charge < -0.3 is 9.55 Å². The molecular weight excluding hydrogens is 329 g/mol. The molecule has 5 nitrogen and oxygen atoms in total. The minimum Gasteiger partial charge on any atom is -0.345 e. The third-order valence-corrected chi connectivity index (χ3v) is 4.63. The summed E-state index contributed by atoms with van der Waals surface area (Å²) in [5.41, 5.74) is 2.09. The van der Waals surface area contributed by atoms with Gasteiger partial charge in [0.1, 0.15) is 17.1 Å². The maximum absolute atomic E-state index is 13.5. The summed E-state index contributed by atoms with van der Waals surface area (Å²) in [6, 6.07) is 1.70. The van der Waals surface area contributed by atoms with Gasteiger partial charge in [-0.2, -0.15) is 0 Å². The summed E-state index contributed by atoms with van der Waals surface area (Å²) >= 11 is 6.31. The maximum atomic E-state index is 13.5. The molecule has 4 heterocycles. The van der Waals surface area contributed by atoms with Gasteiger partial charge in [-0.15, -0.1) is 0 Å². The Morgan fingerprint density at radius 3 is 2.92 bits per heavy atom. The number of aromatic amines is 1. The Labute approximate surface area is 142 Å². The molecule has 122 valence electrons. The molecule has 0 aromatic carbocycles. The largest absolute Gasteiger partial charge is 0.345 e. The van der Waals surface area contributed by atoms with Crippen molar-refractivity contribution in [1.29, 1.82) is 0 Å². The van der Waals surface area contributed by atoms with E-state index in [2.05, 4.69) is 38.4 Å². The van der Waals surface area contributed by atoms with Gasteiger partial charge in [-0.1, -0.05) is 18.5 Å². The first-order valence-electron chi connectivity index (χ1n) is 7.74. The van der Waals surface area contributed by atoms with Crippen molar-refractivity contribution in [2.45, 2.75) is 26.3 Å². The van der Waals surface area contributed by atoms with Gasteiger partial charge in [0, 0.05) is 35.6 Å². The minimum absolute atomic E-state index is 0.268. The van der Waals surface area contributed by atoms with Crippen molar-refractivity contribution < 1.29 is 4.39 Å². The summed E-state index contributed by atoms with van der Waals surface area (Å²) in [5, 5.41) is 2.09. The van der Waals surface area contributed by atoms with Crippen LogP contribution in [0.5, 0.6) is 0 Å². The van der Waals surface area contributed by atoms with Crippen LogP contribution in [-0.2, 0) is 0 Å². The molecule has 0 aliphatic carbocycles. The Kier molecular flexibility index (Phi) is 3.49. The predicted molar refractivity (Wildman–Crippen MR) is 92.6 cm³/mol. The highest BCUT2D eigenvalue weighted by Crippen LogP contribution is 2.31. The summed E-state index contributed by atoms with van der Waals surface area (Å²) in [6.07, 6.45) is 7.48. The Hall–Kier alpha value is -2.47. The fraction of sp³-hybridized carbons (Fsp3) is 0.235. The van der Waals surface area contributed by atoms with Crippen molar-refractivity contribution in [3.8, 4) is 11.4 Å². The third-order valence-electron chi connectivity index (χ3n) is 4.33. The quantitative estimate of drug-likeness (QED) is 0.584. The van der Waals surface area contributed by atoms with E-state index in [1.807, 2.05) is 6.20 Å². The van der Waals surface area contributed by atoms with Gasteiger partial charge in [-0.3, -0.25) is 0 Å². The molecule has 0 aliphatic rings. The van der Waals surface area contributed by atoms with Crippen LogP contribution in [0.3, 0.4) is 0 Å². The second kappa shape index (κ2) is 5.56. The Balaban J connectivity index is 1.95. The molecule has 0 fully saturated rings. The molecule has 0 saturated heterocycles. The van der Waals surface area contributed by atoms with Gasteiger partial charge in [0.15, 0.2) is 5.82 Å². The zero-order valence-electron chi connectivity index (χ0n) is 13.2. The number of H-pyrrole nitrogens is 1. The standard InChI is InChI=1S/C17H15ClFN5/c1-3-9(2)24-8-14(18)13-7-22-16(23-17(13)24)12-6-21-15-11(12)4-10(19)5-20-15/h4-9H,3H2,1-2H3,(H,20,21)/t9-/m1/s1. The van der Waals surface area contributed by atoms with Crippen molar-refractivity contribution in [2.24, 2.45) is 0 Å². The van der Waals surface area contributed by atoms with Gasteiger partial charge in [-0.25, -0.2) is 19.3 Å². The van der Waals surface area contributed by atoms with Crippen LogP contribution in [0.25, 0.3) is 33.5 Å². The molecule has 0 aliphatic heterocycles. The van der Waals surface area contributed by atoms with Crippen LogP contribution in [0.2, 0.25) is 5.02 Å². The average Bonchev–Trinajstić information content (AvgIpc) is 3.15. The van der Waals surface area contributed by atoms with Crippen molar-refractivity contribution in [3.63, 3.8) is 0 Å². The fourth-order valence-corrected chi connectivity index (χ4v) is 3.05. The summed E-state index contributed by atoms with van der Waals surface area (Å²) < 4.78 is 15.6. The normalized spacial score (nSPS) is 13.0. The monoisotopic (exact) mass is 343 g/mol. The zero-order valence-corrected chi connectivity index (χ0v) is 14.0. The summed E-state index contributed by atoms with van der Waals surface area (Å²) in [7, 11) is 0. The van der Waals surface area contributed by atoms with E-state index < -0.39 is 5.82 Å². The lowest BCUT2D eigenvalue weighted by atomic mass is 10.2. The molecule has 0 bridgehead atoms. The smallest absolute Gasteiger partial charge is 0.163 e. The second-order valence-electron chi connectivity index (χ2n) is 5.82. The number of pyridine rings is 1. The molecule has 4 aromatic heterocycles. The van der Waals surface area contributed by atoms with Gasteiger partial charge in [0.2, 0.25) is 0 Å². The van der Waals surface area contributed by atoms with Gasteiger partial charge in [0.05, 0.1) is 16.6 Å². The molecule has 4 rings (SSSR count). The first-order chi connectivity index (χ1) is 11.6. The molecule has 7 heteroatoms. The van der Waals surface area contributed by atoms with E-state index in [4.69, 9.17) is 11.6 Å². The predicted octanol–water partition coefficient (Wildman–Crippen LogP) is 4.74. The van der Waals surface area contributed by atoms with Crippen LogP contribution in [-0.4, -0.2) is 24.5 Å².